The monoisotopic (exact) mass is 398 g/mol. The van der Waals surface area contributed by atoms with E-state index in [0.29, 0.717) is 32.8 Å². The van der Waals surface area contributed by atoms with Crippen molar-refractivity contribution in [3.63, 3.8) is 0 Å². The quantitative estimate of drug-likeness (QED) is 0.241. The number of aromatic nitrogens is 6. The van der Waals surface area contributed by atoms with Gasteiger partial charge in [-0.15, -0.1) is 0 Å². The van der Waals surface area contributed by atoms with Crippen LogP contribution >= 0.6 is 46.4 Å². The third kappa shape index (κ3) is 2.25. The number of benzene rings is 1. The Morgan fingerprint density at radius 2 is 0.833 bits per heavy atom. The molecular weight excluding hydrogens is 394 g/mol. The van der Waals surface area contributed by atoms with Gasteiger partial charge >= 0.3 is 0 Å². The summed E-state index contributed by atoms with van der Waals surface area (Å²) < 4.78 is 0. The molecule has 3 heterocycles. The lowest BCUT2D eigenvalue weighted by molar-refractivity contribution is 1.10. The second kappa shape index (κ2) is 5.46. The van der Waals surface area contributed by atoms with E-state index in [0.717, 1.165) is 11.4 Å². The molecule has 0 aliphatic carbocycles. The second-order valence-corrected chi connectivity index (χ2v) is 6.50. The Morgan fingerprint density at radius 1 is 0.500 bits per heavy atom. The number of hydrogen-bond acceptors (Lipinski definition) is 6. The minimum Gasteiger partial charge on any atom is -0.249 e. The normalized spacial score (nSPS) is 11.8. The van der Waals surface area contributed by atoms with Gasteiger partial charge in [-0.1, -0.05) is 23.2 Å². The van der Waals surface area contributed by atoms with E-state index in [4.69, 9.17) is 46.4 Å². The van der Waals surface area contributed by atoms with Gasteiger partial charge < -0.3 is 0 Å². The van der Waals surface area contributed by atoms with Crippen molar-refractivity contribution in [1.29, 1.82) is 0 Å². The predicted molar refractivity (Wildman–Crippen MR) is 95.2 cm³/mol. The third-order valence-electron chi connectivity index (χ3n) is 3.68. The molecule has 0 saturated carbocycles. The van der Waals surface area contributed by atoms with Gasteiger partial charge in [0.2, 0.25) is 10.6 Å². The van der Waals surface area contributed by atoms with Crippen molar-refractivity contribution in [1.82, 2.24) is 29.9 Å². The number of fused-ring (bicyclic) bond motifs is 6. The first-order chi connectivity index (χ1) is 11.4. The van der Waals surface area contributed by atoms with E-state index in [1.54, 1.807) is 0 Å². The van der Waals surface area contributed by atoms with Gasteiger partial charge in [0.05, 0.1) is 22.2 Å². The van der Waals surface area contributed by atoms with Crippen LogP contribution in [0, 0.1) is 13.8 Å². The van der Waals surface area contributed by atoms with E-state index in [-0.39, 0.29) is 20.9 Å². The summed E-state index contributed by atoms with van der Waals surface area (Å²) in [7, 11) is 0. The van der Waals surface area contributed by atoms with Crippen LogP contribution in [-0.4, -0.2) is 29.9 Å². The summed E-state index contributed by atoms with van der Waals surface area (Å²) in [6.07, 6.45) is 0. The predicted octanol–water partition coefficient (Wildman–Crippen LogP) is 4.75. The first-order valence-corrected chi connectivity index (χ1v) is 8.20. The van der Waals surface area contributed by atoms with Crippen molar-refractivity contribution in [2.75, 3.05) is 0 Å². The summed E-state index contributed by atoms with van der Waals surface area (Å²) in [5, 5.41) is 1.25. The van der Waals surface area contributed by atoms with E-state index in [1.165, 1.54) is 0 Å². The molecule has 0 aliphatic heterocycles. The molecule has 10 heteroatoms. The summed E-state index contributed by atoms with van der Waals surface area (Å²) in [5.41, 5.74) is 3.31. The molecule has 0 spiro atoms. The summed E-state index contributed by atoms with van der Waals surface area (Å²) in [6.45, 7) is 3.70. The maximum Gasteiger partial charge on any atom is 0.224 e. The van der Waals surface area contributed by atoms with Gasteiger partial charge in [0, 0.05) is 0 Å². The summed E-state index contributed by atoms with van der Waals surface area (Å²) in [4.78, 5) is 25.7. The van der Waals surface area contributed by atoms with E-state index < -0.39 is 0 Å². The lowest BCUT2D eigenvalue weighted by Gasteiger charge is -2.11. The van der Waals surface area contributed by atoms with Gasteiger partial charge in [0.25, 0.3) is 0 Å². The van der Waals surface area contributed by atoms with Crippen LogP contribution in [0.25, 0.3) is 32.8 Å². The van der Waals surface area contributed by atoms with Gasteiger partial charge in [0.1, 0.15) is 32.4 Å². The van der Waals surface area contributed by atoms with Crippen molar-refractivity contribution < 1.29 is 0 Å². The number of hydrogen-bond donors (Lipinski definition) is 0. The topological polar surface area (TPSA) is 77.3 Å². The molecule has 0 fully saturated rings. The van der Waals surface area contributed by atoms with Gasteiger partial charge in [-0.05, 0) is 37.0 Å². The van der Waals surface area contributed by atoms with Gasteiger partial charge in [-0.2, -0.15) is 0 Å². The van der Waals surface area contributed by atoms with Crippen LogP contribution in [-0.2, 0) is 0 Å². The fourth-order valence-corrected chi connectivity index (χ4v) is 3.47. The molecule has 0 unspecified atom stereocenters. The van der Waals surface area contributed by atoms with Crippen molar-refractivity contribution >= 4 is 79.2 Å². The molecule has 24 heavy (non-hydrogen) atoms. The van der Waals surface area contributed by atoms with Crippen LogP contribution in [0.1, 0.15) is 11.4 Å². The van der Waals surface area contributed by atoms with Crippen molar-refractivity contribution in [3.8, 4) is 0 Å². The molecule has 120 valence electrons. The highest BCUT2D eigenvalue weighted by Gasteiger charge is 2.21. The SMILES string of the molecule is Cc1nc2c(nc1C)c1c(Cl)nc(Cl)nc1c1nc(Cl)nc(Cl)c12. The largest absolute Gasteiger partial charge is 0.249 e. The Hall–Kier alpha value is -1.60. The van der Waals surface area contributed by atoms with Crippen LogP contribution < -0.4 is 0 Å². The fourth-order valence-electron chi connectivity index (χ4n) is 2.53. The third-order valence-corrected chi connectivity index (χ3v) is 4.57. The first-order valence-electron chi connectivity index (χ1n) is 6.69. The minimum atomic E-state index is -0.0178. The average Bonchev–Trinajstić information content (AvgIpc) is 2.48. The molecule has 4 rings (SSSR count). The zero-order valence-electron chi connectivity index (χ0n) is 12.2. The molecule has 0 bridgehead atoms. The molecule has 0 amide bonds. The van der Waals surface area contributed by atoms with Gasteiger partial charge in [0.15, 0.2) is 0 Å². The summed E-state index contributed by atoms with van der Waals surface area (Å²) in [6, 6.07) is 0. The molecule has 0 radical (unpaired) electrons. The van der Waals surface area contributed by atoms with E-state index in [1.807, 2.05) is 13.8 Å². The van der Waals surface area contributed by atoms with Gasteiger partial charge in [-0.3, -0.25) is 0 Å². The summed E-state index contributed by atoms with van der Waals surface area (Å²) in [5.74, 6) is 0. The minimum absolute atomic E-state index is 0.0178. The average molecular weight is 400 g/mol. The number of halogens is 4. The zero-order chi connectivity index (χ0) is 17.2. The van der Waals surface area contributed by atoms with E-state index in [9.17, 15) is 0 Å². The van der Waals surface area contributed by atoms with E-state index >= 15 is 0 Å². The molecule has 0 N–H and O–H groups in total. The van der Waals surface area contributed by atoms with Crippen LogP contribution in [0.15, 0.2) is 0 Å². The Balaban J connectivity index is 2.46. The molecule has 4 aromatic rings. The van der Waals surface area contributed by atoms with Gasteiger partial charge in [-0.25, -0.2) is 29.9 Å². The molecule has 0 aliphatic rings. The molecule has 3 aromatic heterocycles. The van der Waals surface area contributed by atoms with Crippen LogP contribution in [0.5, 0.6) is 0 Å². The molecular formula is C14H6Cl4N6. The fraction of sp³-hybridized carbons (Fsp3) is 0.143. The Labute approximate surface area is 155 Å². The molecule has 0 saturated heterocycles. The Bertz CT molecular complexity index is 1060. The number of nitrogens with zero attached hydrogens (tertiary/aromatic N) is 6. The van der Waals surface area contributed by atoms with Crippen LogP contribution in [0.3, 0.4) is 0 Å². The lowest BCUT2D eigenvalue weighted by Crippen LogP contribution is -2.00. The van der Waals surface area contributed by atoms with Crippen LogP contribution in [0.4, 0.5) is 0 Å². The van der Waals surface area contributed by atoms with E-state index in [2.05, 4.69) is 29.9 Å². The molecule has 0 atom stereocenters. The second-order valence-electron chi connectivity index (χ2n) is 5.11. The Morgan fingerprint density at radius 3 is 1.21 bits per heavy atom. The maximum absolute atomic E-state index is 6.30. The van der Waals surface area contributed by atoms with Crippen molar-refractivity contribution in [3.05, 3.63) is 32.3 Å². The molecule has 1 aromatic carbocycles. The first kappa shape index (κ1) is 15.9. The maximum atomic E-state index is 6.30. The number of rotatable bonds is 0. The Kier molecular flexibility index (Phi) is 3.61. The number of aryl methyl sites for hydroxylation is 2. The highest BCUT2D eigenvalue weighted by atomic mass is 35.5. The lowest BCUT2D eigenvalue weighted by atomic mass is 10.1. The molecule has 6 nitrogen and oxygen atoms in total. The highest BCUT2D eigenvalue weighted by Crippen LogP contribution is 2.38. The van der Waals surface area contributed by atoms with Crippen molar-refractivity contribution in [2.24, 2.45) is 0 Å². The van der Waals surface area contributed by atoms with Crippen LogP contribution in [0.2, 0.25) is 20.9 Å². The standard InChI is InChI=1S/C14H6Cl4N6/c1-3-4(2)20-8-6-10(22-14(18)24-12(6)16)9-5(7(8)19-3)11(15)23-13(17)21-9/h1-2H3. The highest BCUT2D eigenvalue weighted by molar-refractivity contribution is 6.42. The smallest absolute Gasteiger partial charge is 0.224 e. The zero-order valence-corrected chi connectivity index (χ0v) is 15.2. The van der Waals surface area contributed by atoms with Crippen molar-refractivity contribution in [2.45, 2.75) is 13.8 Å². The summed E-state index contributed by atoms with van der Waals surface area (Å²) >= 11 is 24.5.